The van der Waals surface area contributed by atoms with Crippen LogP contribution in [0.3, 0.4) is 0 Å². The fourth-order valence-electron chi connectivity index (χ4n) is 1.97. The highest BCUT2D eigenvalue weighted by molar-refractivity contribution is 5.82. The van der Waals surface area contributed by atoms with Gasteiger partial charge >= 0.3 is 5.97 Å². The summed E-state index contributed by atoms with van der Waals surface area (Å²) in [7, 11) is 0. The molecule has 110 valence electrons. The van der Waals surface area contributed by atoms with Crippen LogP contribution < -0.4 is 10.1 Å². The number of ether oxygens (including phenoxy) is 2. The molecule has 1 N–H and O–H groups in total. The van der Waals surface area contributed by atoms with E-state index in [1.165, 1.54) is 0 Å². The Bertz CT molecular complexity index is 474. The maximum Gasteiger partial charge on any atom is 0.325 e. The molecule has 5 nitrogen and oxygen atoms in total. The fourth-order valence-corrected chi connectivity index (χ4v) is 1.97. The number of aryl methyl sites for hydroxylation is 3. The van der Waals surface area contributed by atoms with Gasteiger partial charge < -0.3 is 14.8 Å². The number of nitrogens with one attached hydrogen (secondary N) is 1. The monoisotopic (exact) mass is 279 g/mol. The minimum atomic E-state index is -0.455. The van der Waals surface area contributed by atoms with Crippen LogP contribution in [-0.4, -0.2) is 31.6 Å². The predicted octanol–water partition coefficient (Wildman–Crippen LogP) is 1.67. The van der Waals surface area contributed by atoms with Gasteiger partial charge in [0, 0.05) is 0 Å². The van der Waals surface area contributed by atoms with Crippen molar-refractivity contribution in [2.45, 2.75) is 27.7 Å². The van der Waals surface area contributed by atoms with Crippen molar-refractivity contribution < 1.29 is 19.1 Å². The molecule has 0 saturated heterocycles. The van der Waals surface area contributed by atoms with Crippen molar-refractivity contribution in [1.82, 2.24) is 5.32 Å². The van der Waals surface area contributed by atoms with Gasteiger partial charge in [0.2, 0.25) is 0 Å². The number of carbonyl (C=O) groups is 2. The van der Waals surface area contributed by atoms with E-state index in [0.29, 0.717) is 12.4 Å². The van der Waals surface area contributed by atoms with E-state index in [-0.39, 0.29) is 19.1 Å². The van der Waals surface area contributed by atoms with E-state index >= 15 is 0 Å². The van der Waals surface area contributed by atoms with Gasteiger partial charge in [-0.2, -0.15) is 0 Å². The van der Waals surface area contributed by atoms with Gasteiger partial charge in [-0.3, -0.25) is 9.59 Å². The van der Waals surface area contributed by atoms with Crippen LogP contribution in [0.25, 0.3) is 0 Å². The van der Waals surface area contributed by atoms with Crippen molar-refractivity contribution in [1.29, 1.82) is 0 Å². The lowest BCUT2D eigenvalue weighted by Gasteiger charge is -2.13. The summed E-state index contributed by atoms with van der Waals surface area (Å²) in [6, 6.07) is 4.00. The number of amides is 1. The number of hydrogen-bond donors (Lipinski definition) is 1. The van der Waals surface area contributed by atoms with E-state index in [4.69, 9.17) is 9.47 Å². The molecule has 0 aliphatic rings. The summed E-state index contributed by atoms with van der Waals surface area (Å²) in [6.45, 7) is 7.64. The van der Waals surface area contributed by atoms with Crippen LogP contribution >= 0.6 is 0 Å². The quantitative estimate of drug-likeness (QED) is 0.804. The number of hydrogen-bond acceptors (Lipinski definition) is 4. The Morgan fingerprint density at radius 3 is 2.30 bits per heavy atom. The molecule has 0 heterocycles. The summed E-state index contributed by atoms with van der Waals surface area (Å²) in [5.41, 5.74) is 3.13. The van der Waals surface area contributed by atoms with Gasteiger partial charge in [-0.25, -0.2) is 0 Å². The highest BCUT2D eigenvalue weighted by Crippen LogP contribution is 2.24. The van der Waals surface area contributed by atoms with Crippen molar-refractivity contribution in [3.63, 3.8) is 0 Å². The Balaban J connectivity index is 2.47. The lowest BCUT2D eigenvalue weighted by atomic mass is 10.1. The summed E-state index contributed by atoms with van der Waals surface area (Å²) < 4.78 is 10.2. The molecule has 0 spiro atoms. The third-order valence-electron chi connectivity index (χ3n) is 2.69. The molecule has 0 atom stereocenters. The van der Waals surface area contributed by atoms with Crippen molar-refractivity contribution >= 4 is 11.9 Å². The molecule has 0 aliphatic heterocycles. The molecule has 20 heavy (non-hydrogen) atoms. The summed E-state index contributed by atoms with van der Waals surface area (Å²) >= 11 is 0. The first-order valence-electron chi connectivity index (χ1n) is 6.57. The largest absolute Gasteiger partial charge is 0.483 e. The first-order valence-corrected chi connectivity index (χ1v) is 6.57. The smallest absolute Gasteiger partial charge is 0.325 e. The van der Waals surface area contributed by atoms with Crippen molar-refractivity contribution in [2.24, 2.45) is 0 Å². The van der Waals surface area contributed by atoms with Gasteiger partial charge in [0.15, 0.2) is 6.61 Å². The normalized spacial score (nSPS) is 10.0. The van der Waals surface area contributed by atoms with Gasteiger partial charge in [-0.05, 0) is 38.8 Å². The molecule has 0 fully saturated rings. The molecule has 0 saturated carbocycles. The van der Waals surface area contributed by atoms with Crippen LogP contribution in [0.15, 0.2) is 12.1 Å². The Hall–Kier alpha value is -2.04. The minimum absolute atomic E-state index is 0.121. The first kappa shape index (κ1) is 16.0. The lowest BCUT2D eigenvalue weighted by Crippen LogP contribution is -2.34. The molecule has 0 unspecified atom stereocenters. The second kappa shape index (κ2) is 7.53. The molecule has 0 radical (unpaired) electrons. The standard InChI is InChI=1S/C15H21NO4/c1-5-19-14(18)8-16-13(17)9-20-15-11(3)6-10(2)7-12(15)4/h6-7H,5,8-9H2,1-4H3,(H,16,17). The summed E-state index contributed by atoms with van der Waals surface area (Å²) in [6.07, 6.45) is 0. The van der Waals surface area contributed by atoms with Crippen LogP contribution in [0.1, 0.15) is 23.6 Å². The number of benzene rings is 1. The van der Waals surface area contributed by atoms with E-state index in [1.807, 2.05) is 32.9 Å². The van der Waals surface area contributed by atoms with E-state index in [2.05, 4.69) is 5.32 Å². The Labute approximate surface area is 119 Å². The SMILES string of the molecule is CCOC(=O)CNC(=O)COc1c(C)cc(C)cc1C. The fraction of sp³-hybridized carbons (Fsp3) is 0.467. The second-order valence-corrected chi connectivity index (χ2v) is 4.60. The van der Waals surface area contributed by atoms with Crippen LogP contribution in [0.2, 0.25) is 0 Å². The number of carbonyl (C=O) groups excluding carboxylic acids is 2. The van der Waals surface area contributed by atoms with E-state index in [0.717, 1.165) is 16.7 Å². The highest BCUT2D eigenvalue weighted by atomic mass is 16.5. The summed E-state index contributed by atoms with van der Waals surface area (Å²) in [4.78, 5) is 22.7. The minimum Gasteiger partial charge on any atom is -0.483 e. The summed E-state index contributed by atoms with van der Waals surface area (Å²) in [5, 5.41) is 2.45. The molecule has 0 aromatic heterocycles. The molecule has 0 bridgehead atoms. The number of rotatable bonds is 6. The molecule has 1 aromatic carbocycles. The van der Waals surface area contributed by atoms with E-state index < -0.39 is 5.97 Å². The highest BCUT2D eigenvalue weighted by Gasteiger charge is 2.09. The van der Waals surface area contributed by atoms with Crippen LogP contribution in [0, 0.1) is 20.8 Å². The van der Waals surface area contributed by atoms with Gasteiger partial charge in [0.1, 0.15) is 12.3 Å². The average molecular weight is 279 g/mol. The lowest BCUT2D eigenvalue weighted by molar-refractivity contribution is -0.143. The molecule has 1 amide bonds. The molecular weight excluding hydrogens is 258 g/mol. The molecular formula is C15H21NO4. The van der Waals surface area contributed by atoms with Crippen molar-refractivity contribution in [3.8, 4) is 5.75 Å². The van der Waals surface area contributed by atoms with Gasteiger partial charge in [0.25, 0.3) is 5.91 Å². The van der Waals surface area contributed by atoms with E-state index in [1.54, 1.807) is 6.92 Å². The molecule has 1 rings (SSSR count). The van der Waals surface area contributed by atoms with E-state index in [9.17, 15) is 9.59 Å². The van der Waals surface area contributed by atoms with Gasteiger partial charge in [0.05, 0.1) is 6.61 Å². The maximum absolute atomic E-state index is 11.6. The third kappa shape index (κ3) is 4.91. The predicted molar refractivity (Wildman–Crippen MR) is 75.8 cm³/mol. The number of esters is 1. The van der Waals surface area contributed by atoms with Crippen molar-refractivity contribution in [3.05, 3.63) is 28.8 Å². The van der Waals surface area contributed by atoms with Crippen molar-refractivity contribution in [2.75, 3.05) is 19.8 Å². The zero-order valence-corrected chi connectivity index (χ0v) is 12.4. The van der Waals surface area contributed by atoms with Crippen LogP contribution in [0.5, 0.6) is 5.75 Å². The zero-order valence-electron chi connectivity index (χ0n) is 12.4. The van der Waals surface area contributed by atoms with Gasteiger partial charge in [-0.15, -0.1) is 0 Å². The topological polar surface area (TPSA) is 64.6 Å². The van der Waals surface area contributed by atoms with Crippen LogP contribution in [0.4, 0.5) is 0 Å². The Kier molecular flexibility index (Phi) is 6.03. The average Bonchev–Trinajstić information content (AvgIpc) is 2.35. The third-order valence-corrected chi connectivity index (χ3v) is 2.69. The Morgan fingerprint density at radius 2 is 1.75 bits per heavy atom. The molecule has 5 heteroatoms. The molecule has 1 aromatic rings. The zero-order chi connectivity index (χ0) is 15.1. The maximum atomic E-state index is 11.6. The van der Waals surface area contributed by atoms with Crippen LogP contribution in [-0.2, 0) is 14.3 Å². The first-order chi connectivity index (χ1) is 9.43. The van der Waals surface area contributed by atoms with Gasteiger partial charge in [-0.1, -0.05) is 17.7 Å². The second-order valence-electron chi connectivity index (χ2n) is 4.60. The Morgan fingerprint density at radius 1 is 1.15 bits per heavy atom. The summed E-state index contributed by atoms with van der Waals surface area (Å²) in [5.74, 6) is -0.0946. The molecule has 0 aliphatic carbocycles.